The number of primary sulfonamides is 1. The van der Waals surface area contributed by atoms with Crippen molar-refractivity contribution in [3.8, 4) is 11.4 Å². The Balaban J connectivity index is 2.13. The minimum Gasteiger partial charge on any atom is -0.326 e. The number of alkyl halides is 3. The smallest absolute Gasteiger partial charge is 0.326 e. The summed E-state index contributed by atoms with van der Waals surface area (Å²) in [6.07, 6.45) is -3.92. The maximum atomic E-state index is 14.5. The minimum atomic E-state index is -4.72. The van der Waals surface area contributed by atoms with Gasteiger partial charge in [-0.15, -0.1) is 0 Å². The third-order valence-electron chi connectivity index (χ3n) is 4.01. The van der Waals surface area contributed by atoms with Gasteiger partial charge in [0, 0.05) is 12.7 Å². The first kappa shape index (κ1) is 20.0. The molecule has 0 atom stereocenters. The third kappa shape index (κ3) is 4.23. The second kappa shape index (κ2) is 7.02. The Bertz CT molecular complexity index is 1140. The summed E-state index contributed by atoms with van der Waals surface area (Å²) in [6.45, 7) is 1.86. The number of nitrogens with zero attached hydrogens (tertiary/aromatic N) is 2. The lowest BCUT2D eigenvalue weighted by Crippen LogP contribution is -2.12. The Hall–Kier alpha value is -2.72. The molecule has 3 aromatic rings. The summed E-state index contributed by atoms with van der Waals surface area (Å²) in [5, 5.41) is 4.96. The summed E-state index contributed by atoms with van der Waals surface area (Å²) in [6, 6.07) is 9.83. The van der Waals surface area contributed by atoms with Crippen molar-refractivity contribution in [1.82, 2.24) is 9.55 Å². The first-order valence-electron chi connectivity index (χ1n) is 7.98. The van der Waals surface area contributed by atoms with Gasteiger partial charge in [0.2, 0.25) is 10.0 Å². The first-order valence-corrected chi connectivity index (χ1v) is 9.52. The Kier molecular flexibility index (Phi) is 5.02. The maximum absolute atomic E-state index is 14.5. The van der Waals surface area contributed by atoms with Gasteiger partial charge in [0.05, 0.1) is 10.5 Å². The quantitative estimate of drug-likeness (QED) is 0.663. The highest BCUT2D eigenvalue weighted by atomic mass is 32.2. The van der Waals surface area contributed by atoms with Gasteiger partial charge in [-0.1, -0.05) is 29.8 Å². The number of imidazole rings is 1. The van der Waals surface area contributed by atoms with Crippen LogP contribution in [-0.4, -0.2) is 18.0 Å². The van der Waals surface area contributed by atoms with E-state index in [4.69, 9.17) is 5.14 Å². The van der Waals surface area contributed by atoms with Gasteiger partial charge < -0.3 is 4.57 Å². The van der Waals surface area contributed by atoms with Gasteiger partial charge >= 0.3 is 6.18 Å². The number of halogens is 4. The second-order valence-electron chi connectivity index (χ2n) is 6.25. The van der Waals surface area contributed by atoms with Gasteiger partial charge in [-0.25, -0.2) is 22.9 Å². The Morgan fingerprint density at radius 3 is 2.43 bits per heavy atom. The van der Waals surface area contributed by atoms with Gasteiger partial charge in [-0.2, -0.15) is 13.2 Å². The predicted molar refractivity (Wildman–Crippen MR) is 94.3 cm³/mol. The molecule has 0 fully saturated rings. The summed E-state index contributed by atoms with van der Waals surface area (Å²) in [5.41, 5.74) is 0.175. The maximum Gasteiger partial charge on any atom is 0.434 e. The van der Waals surface area contributed by atoms with Crippen LogP contribution in [-0.2, 0) is 22.7 Å². The van der Waals surface area contributed by atoms with Crippen LogP contribution in [0.3, 0.4) is 0 Å². The molecule has 28 heavy (non-hydrogen) atoms. The molecule has 0 unspecified atom stereocenters. The van der Waals surface area contributed by atoms with Crippen LogP contribution in [0, 0.1) is 12.7 Å². The van der Waals surface area contributed by atoms with Gasteiger partial charge in [-0.05, 0) is 30.7 Å². The molecule has 0 saturated carbocycles. The molecule has 5 nitrogen and oxygen atoms in total. The number of sulfonamides is 1. The number of nitrogens with two attached hydrogens (primary N) is 1. The van der Waals surface area contributed by atoms with Gasteiger partial charge in [0.1, 0.15) is 11.6 Å². The van der Waals surface area contributed by atoms with E-state index >= 15 is 0 Å². The number of aromatic nitrogens is 2. The summed E-state index contributed by atoms with van der Waals surface area (Å²) in [5.74, 6) is -1.32. The Labute approximate surface area is 158 Å². The van der Waals surface area contributed by atoms with E-state index in [-0.39, 0.29) is 17.9 Å². The van der Waals surface area contributed by atoms with E-state index in [1.165, 1.54) is 4.57 Å². The number of rotatable bonds is 4. The summed E-state index contributed by atoms with van der Waals surface area (Å²) < 4.78 is 77.8. The van der Waals surface area contributed by atoms with Crippen LogP contribution in [0.1, 0.15) is 16.8 Å². The average molecular weight is 413 g/mol. The van der Waals surface area contributed by atoms with Crippen LogP contribution >= 0.6 is 0 Å². The molecule has 10 heteroatoms. The fourth-order valence-electron chi connectivity index (χ4n) is 2.75. The lowest BCUT2D eigenvalue weighted by Gasteiger charge is -2.10. The lowest BCUT2D eigenvalue weighted by molar-refractivity contribution is -0.140. The molecule has 0 radical (unpaired) electrons. The Morgan fingerprint density at radius 1 is 1.14 bits per heavy atom. The van der Waals surface area contributed by atoms with E-state index in [1.54, 1.807) is 18.2 Å². The summed E-state index contributed by atoms with van der Waals surface area (Å²) >= 11 is 0. The molecule has 3 rings (SSSR count). The molecule has 2 aromatic carbocycles. The topological polar surface area (TPSA) is 78.0 Å². The van der Waals surface area contributed by atoms with Crippen molar-refractivity contribution in [2.75, 3.05) is 0 Å². The van der Waals surface area contributed by atoms with Crippen molar-refractivity contribution in [3.63, 3.8) is 0 Å². The van der Waals surface area contributed by atoms with Crippen molar-refractivity contribution in [2.45, 2.75) is 24.5 Å². The van der Waals surface area contributed by atoms with Crippen molar-refractivity contribution >= 4 is 10.0 Å². The zero-order valence-corrected chi connectivity index (χ0v) is 15.4. The predicted octanol–water partition coefficient (Wildman–Crippen LogP) is 3.71. The minimum absolute atomic E-state index is 0.0243. The van der Waals surface area contributed by atoms with Crippen LogP contribution < -0.4 is 5.14 Å². The van der Waals surface area contributed by atoms with Crippen molar-refractivity contribution < 1.29 is 26.0 Å². The number of hydrogen-bond acceptors (Lipinski definition) is 3. The molecular weight excluding hydrogens is 398 g/mol. The zero-order chi connectivity index (χ0) is 20.7. The second-order valence-corrected chi connectivity index (χ2v) is 7.81. The van der Waals surface area contributed by atoms with E-state index in [1.807, 2.05) is 13.0 Å². The fraction of sp³-hybridized carbons (Fsp3) is 0.167. The molecule has 148 valence electrons. The molecule has 0 amide bonds. The number of hydrogen-bond donors (Lipinski definition) is 1. The lowest BCUT2D eigenvalue weighted by atomic mass is 10.1. The SMILES string of the molecule is Cc1cccc(Cn2cc(C(F)(F)F)nc2-c2ccc(S(N)(=O)=O)cc2F)c1. The van der Waals surface area contributed by atoms with Crippen molar-refractivity contribution in [2.24, 2.45) is 5.14 Å². The first-order chi connectivity index (χ1) is 12.9. The van der Waals surface area contributed by atoms with Crippen LogP contribution in [0.4, 0.5) is 17.6 Å². The molecular formula is C18H15F4N3O2S. The van der Waals surface area contributed by atoms with Crippen LogP contribution in [0.5, 0.6) is 0 Å². The molecule has 1 aromatic heterocycles. The fourth-order valence-corrected chi connectivity index (χ4v) is 3.27. The number of aryl methyl sites for hydroxylation is 1. The van der Waals surface area contributed by atoms with E-state index in [9.17, 15) is 26.0 Å². The highest BCUT2D eigenvalue weighted by molar-refractivity contribution is 7.89. The van der Waals surface area contributed by atoms with Crippen LogP contribution in [0.15, 0.2) is 53.6 Å². The molecule has 0 aliphatic heterocycles. The van der Waals surface area contributed by atoms with E-state index in [0.717, 1.165) is 23.9 Å². The monoisotopic (exact) mass is 413 g/mol. The molecule has 2 N–H and O–H groups in total. The van der Waals surface area contributed by atoms with Crippen LogP contribution in [0.2, 0.25) is 0 Å². The Morgan fingerprint density at radius 2 is 1.86 bits per heavy atom. The molecule has 0 aliphatic carbocycles. The standard InChI is InChI=1S/C18H15F4N3O2S/c1-11-3-2-4-12(7-11)9-25-10-16(18(20,21)22)24-17(25)14-6-5-13(8-15(14)19)28(23,26)27/h2-8,10H,9H2,1H3,(H2,23,26,27). The van der Waals surface area contributed by atoms with Gasteiger partial charge in [0.25, 0.3) is 0 Å². The van der Waals surface area contributed by atoms with E-state index < -0.39 is 32.6 Å². The zero-order valence-electron chi connectivity index (χ0n) is 14.5. The molecule has 0 spiro atoms. The number of benzene rings is 2. The largest absolute Gasteiger partial charge is 0.434 e. The summed E-state index contributed by atoms with van der Waals surface area (Å²) in [4.78, 5) is 3.06. The molecule has 1 heterocycles. The normalized spacial score (nSPS) is 12.4. The van der Waals surface area contributed by atoms with E-state index in [0.29, 0.717) is 11.6 Å². The van der Waals surface area contributed by atoms with E-state index in [2.05, 4.69) is 4.98 Å². The molecule has 0 saturated heterocycles. The molecule has 0 bridgehead atoms. The van der Waals surface area contributed by atoms with Gasteiger partial charge in [0.15, 0.2) is 5.69 Å². The highest BCUT2D eigenvalue weighted by Gasteiger charge is 2.35. The molecule has 0 aliphatic rings. The average Bonchev–Trinajstić information content (AvgIpc) is 2.98. The highest BCUT2D eigenvalue weighted by Crippen LogP contribution is 2.32. The summed E-state index contributed by atoms with van der Waals surface area (Å²) in [7, 11) is -4.15. The van der Waals surface area contributed by atoms with Crippen LogP contribution in [0.25, 0.3) is 11.4 Å². The van der Waals surface area contributed by atoms with Crippen molar-refractivity contribution in [3.05, 3.63) is 71.3 Å². The van der Waals surface area contributed by atoms with Crippen molar-refractivity contribution in [1.29, 1.82) is 0 Å². The van der Waals surface area contributed by atoms with Gasteiger partial charge in [-0.3, -0.25) is 0 Å². The third-order valence-corrected chi connectivity index (χ3v) is 4.92.